The van der Waals surface area contributed by atoms with Crippen LogP contribution in [0.4, 0.5) is 0 Å². The predicted octanol–water partition coefficient (Wildman–Crippen LogP) is 0.692. The van der Waals surface area contributed by atoms with Crippen LogP contribution in [0.1, 0.15) is 32.6 Å². The molecule has 0 radical (unpaired) electrons. The molecule has 1 fully saturated rings. The number of aliphatic hydroxyl groups is 1. The second-order valence-corrected chi connectivity index (χ2v) is 4.20. The number of carbonyl (C=O) groups excluding carboxylic acids is 1. The summed E-state index contributed by atoms with van der Waals surface area (Å²) >= 11 is 0. The van der Waals surface area contributed by atoms with Crippen molar-refractivity contribution in [3.63, 3.8) is 0 Å². The molecule has 0 aliphatic heterocycles. The van der Waals surface area contributed by atoms with E-state index in [1.54, 1.807) is 0 Å². The monoisotopic (exact) mass is 215 g/mol. The summed E-state index contributed by atoms with van der Waals surface area (Å²) in [4.78, 5) is 11.3. The van der Waals surface area contributed by atoms with Crippen LogP contribution in [0.2, 0.25) is 0 Å². The summed E-state index contributed by atoms with van der Waals surface area (Å²) in [6.45, 7) is 3.99. The van der Waals surface area contributed by atoms with Crippen LogP contribution < -0.4 is 5.32 Å². The first-order valence-electron chi connectivity index (χ1n) is 5.68. The number of rotatable bonds is 8. The van der Waals surface area contributed by atoms with Crippen LogP contribution in [0.5, 0.6) is 0 Å². The van der Waals surface area contributed by atoms with Crippen LogP contribution in [0.15, 0.2) is 0 Å². The van der Waals surface area contributed by atoms with Gasteiger partial charge in [0.25, 0.3) is 0 Å². The summed E-state index contributed by atoms with van der Waals surface area (Å²) in [5.74, 6) is 0.0488. The van der Waals surface area contributed by atoms with Crippen molar-refractivity contribution in [3.05, 3.63) is 0 Å². The molecule has 0 aromatic rings. The highest BCUT2D eigenvalue weighted by molar-refractivity contribution is 5.76. The minimum absolute atomic E-state index is 0.0488. The Hall–Kier alpha value is -0.610. The first-order chi connectivity index (χ1) is 7.22. The van der Waals surface area contributed by atoms with E-state index in [1.165, 1.54) is 0 Å². The van der Waals surface area contributed by atoms with Crippen molar-refractivity contribution in [2.24, 2.45) is 5.41 Å². The van der Waals surface area contributed by atoms with E-state index in [-0.39, 0.29) is 17.9 Å². The van der Waals surface area contributed by atoms with E-state index < -0.39 is 0 Å². The van der Waals surface area contributed by atoms with E-state index >= 15 is 0 Å². The zero-order valence-electron chi connectivity index (χ0n) is 9.42. The topological polar surface area (TPSA) is 58.6 Å². The molecule has 1 saturated carbocycles. The summed E-state index contributed by atoms with van der Waals surface area (Å²) in [7, 11) is 0. The van der Waals surface area contributed by atoms with Crippen LogP contribution >= 0.6 is 0 Å². The molecule has 0 aromatic carbocycles. The van der Waals surface area contributed by atoms with E-state index in [0.717, 1.165) is 19.3 Å². The van der Waals surface area contributed by atoms with Crippen LogP contribution in [0.25, 0.3) is 0 Å². The SMILES string of the molecule is CCOCCC(=O)NCC1(CCO)CC1. The average Bonchev–Trinajstić information content (AvgIpc) is 2.97. The molecule has 1 amide bonds. The lowest BCUT2D eigenvalue weighted by Crippen LogP contribution is -2.31. The molecule has 0 bridgehead atoms. The first kappa shape index (κ1) is 12.5. The van der Waals surface area contributed by atoms with Crippen molar-refractivity contribution in [3.8, 4) is 0 Å². The fourth-order valence-electron chi connectivity index (χ4n) is 1.61. The molecule has 1 aliphatic carbocycles. The number of ether oxygens (including phenoxy) is 1. The fraction of sp³-hybridized carbons (Fsp3) is 0.909. The maximum atomic E-state index is 11.3. The van der Waals surface area contributed by atoms with Gasteiger partial charge in [-0.05, 0) is 31.6 Å². The lowest BCUT2D eigenvalue weighted by Gasteiger charge is -2.14. The molecule has 0 atom stereocenters. The average molecular weight is 215 g/mol. The van der Waals surface area contributed by atoms with Crippen LogP contribution in [-0.2, 0) is 9.53 Å². The minimum Gasteiger partial charge on any atom is -0.396 e. The van der Waals surface area contributed by atoms with E-state index in [2.05, 4.69) is 5.32 Å². The normalized spacial score (nSPS) is 17.5. The molecule has 1 rings (SSSR count). The highest BCUT2D eigenvalue weighted by atomic mass is 16.5. The third-order valence-electron chi connectivity index (χ3n) is 2.94. The van der Waals surface area contributed by atoms with Gasteiger partial charge >= 0.3 is 0 Å². The number of hydrogen-bond acceptors (Lipinski definition) is 3. The molecule has 4 nitrogen and oxygen atoms in total. The van der Waals surface area contributed by atoms with Gasteiger partial charge in [0.05, 0.1) is 6.61 Å². The van der Waals surface area contributed by atoms with Gasteiger partial charge < -0.3 is 15.2 Å². The summed E-state index contributed by atoms with van der Waals surface area (Å²) in [5, 5.41) is 11.7. The molecule has 0 saturated heterocycles. The van der Waals surface area contributed by atoms with E-state index in [0.29, 0.717) is 26.2 Å². The molecule has 4 heteroatoms. The lowest BCUT2D eigenvalue weighted by atomic mass is 10.0. The summed E-state index contributed by atoms with van der Waals surface area (Å²) < 4.78 is 5.10. The second-order valence-electron chi connectivity index (χ2n) is 4.20. The van der Waals surface area contributed by atoms with Crippen molar-refractivity contribution < 1.29 is 14.6 Å². The maximum Gasteiger partial charge on any atom is 0.222 e. The third kappa shape index (κ3) is 4.62. The Labute approximate surface area is 91.0 Å². The summed E-state index contributed by atoms with van der Waals surface area (Å²) in [6.07, 6.45) is 3.49. The van der Waals surface area contributed by atoms with E-state index in [1.807, 2.05) is 6.92 Å². The van der Waals surface area contributed by atoms with Crippen molar-refractivity contribution >= 4 is 5.91 Å². The number of aliphatic hydroxyl groups excluding tert-OH is 1. The number of hydrogen-bond donors (Lipinski definition) is 2. The highest BCUT2D eigenvalue weighted by Crippen LogP contribution is 2.47. The van der Waals surface area contributed by atoms with Crippen molar-refractivity contribution in [2.75, 3.05) is 26.4 Å². The standard InChI is InChI=1S/C11H21NO3/c1-2-15-8-3-10(14)12-9-11(4-5-11)6-7-13/h13H,2-9H2,1H3,(H,12,14). The molecule has 88 valence electrons. The highest BCUT2D eigenvalue weighted by Gasteiger charge is 2.41. The van der Waals surface area contributed by atoms with E-state index in [4.69, 9.17) is 9.84 Å². The van der Waals surface area contributed by atoms with Gasteiger partial charge in [0.15, 0.2) is 0 Å². The molecule has 0 heterocycles. The smallest absolute Gasteiger partial charge is 0.222 e. The Balaban J connectivity index is 2.06. The molecule has 15 heavy (non-hydrogen) atoms. The Morgan fingerprint density at radius 3 is 2.80 bits per heavy atom. The van der Waals surface area contributed by atoms with E-state index in [9.17, 15) is 4.79 Å². The lowest BCUT2D eigenvalue weighted by molar-refractivity contribution is -0.122. The number of carbonyl (C=O) groups is 1. The van der Waals surface area contributed by atoms with Gasteiger partial charge in [0.2, 0.25) is 5.91 Å². The molecule has 1 aliphatic rings. The summed E-state index contributed by atoms with van der Waals surface area (Å²) in [6, 6.07) is 0. The van der Waals surface area contributed by atoms with Gasteiger partial charge in [-0.1, -0.05) is 0 Å². The zero-order valence-corrected chi connectivity index (χ0v) is 9.42. The van der Waals surface area contributed by atoms with Crippen LogP contribution in [0, 0.1) is 5.41 Å². The Kier molecular flexibility index (Phi) is 5.05. The third-order valence-corrected chi connectivity index (χ3v) is 2.94. The van der Waals surface area contributed by atoms with Gasteiger partial charge in [-0.2, -0.15) is 0 Å². The Morgan fingerprint density at radius 2 is 2.27 bits per heavy atom. The molecule has 2 N–H and O–H groups in total. The van der Waals surface area contributed by atoms with Gasteiger partial charge in [0.1, 0.15) is 0 Å². The number of nitrogens with one attached hydrogen (secondary N) is 1. The first-order valence-corrected chi connectivity index (χ1v) is 5.68. The minimum atomic E-state index is 0.0488. The predicted molar refractivity (Wildman–Crippen MR) is 57.5 cm³/mol. The zero-order chi connectivity index (χ0) is 11.1. The second kappa shape index (κ2) is 6.08. The van der Waals surface area contributed by atoms with Crippen LogP contribution in [0.3, 0.4) is 0 Å². The fourth-order valence-corrected chi connectivity index (χ4v) is 1.61. The van der Waals surface area contributed by atoms with Gasteiger partial charge in [-0.3, -0.25) is 4.79 Å². The number of amides is 1. The van der Waals surface area contributed by atoms with Gasteiger partial charge in [0, 0.05) is 26.2 Å². The molecular weight excluding hydrogens is 194 g/mol. The maximum absolute atomic E-state index is 11.3. The molecule has 0 aromatic heterocycles. The van der Waals surface area contributed by atoms with Crippen molar-refractivity contribution in [2.45, 2.75) is 32.6 Å². The largest absolute Gasteiger partial charge is 0.396 e. The Morgan fingerprint density at radius 1 is 1.53 bits per heavy atom. The summed E-state index contributed by atoms with van der Waals surface area (Å²) in [5.41, 5.74) is 0.204. The Bertz CT molecular complexity index is 202. The van der Waals surface area contributed by atoms with Crippen molar-refractivity contribution in [1.29, 1.82) is 0 Å². The molecule has 0 spiro atoms. The van der Waals surface area contributed by atoms with Crippen LogP contribution in [-0.4, -0.2) is 37.4 Å². The van der Waals surface area contributed by atoms with Gasteiger partial charge in [-0.25, -0.2) is 0 Å². The van der Waals surface area contributed by atoms with Gasteiger partial charge in [-0.15, -0.1) is 0 Å². The quantitative estimate of drug-likeness (QED) is 0.586. The molecular formula is C11H21NO3. The van der Waals surface area contributed by atoms with Crippen molar-refractivity contribution in [1.82, 2.24) is 5.32 Å². The molecule has 0 unspecified atom stereocenters.